The zero-order valence-electron chi connectivity index (χ0n) is 8.70. The summed E-state index contributed by atoms with van der Waals surface area (Å²) in [6.07, 6.45) is 1.81. The Morgan fingerprint density at radius 1 is 1.19 bits per heavy atom. The minimum Gasteiger partial charge on any atom is -0.342 e. The predicted molar refractivity (Wildman–Crippen MR) is 59.6 cm³/mol. The van der Waals surface area contributed by atoms with E-state index in [2.05, 4.69) is 15.3 Å². The van der Waals surface area contributed by atoms with Gasteiger partial charge in [-0.25, -0.2) is 9.37 Å². The molecular weight excluding hydrogens is 205 g/mol. The second-order valence-corrected chi connectivity index (χ2v) is 4.04. The van der Waals surface area contributed by atoms with Crippen molar-refractivity contribution in [1.29, 1.82) is 0 Å². The molecule has 4 heteroatoms. The molecule has 0 radical (unpaired) electrons. The van der Waals surface area contributed by atoms with Crippen LogP contribution in [0.2, 0.25) is 0 Å². The van der Waals surface area contributed by atoms with Gasteiger partial charge in [-0.2, -0.15) is 0 Å². The molecule has 2 aromatic rings. The molecule has 82 valence electrons. The molecule has 1 aromatic heterocycles. The number of nitrogens with zero attached hydrogens (tertiary/aromatic N) is 1. The van der Waals surface area contributed by atoms with Crippen LogP contribution in [0.15, 0.2) is 30.5 Å². The van der Waals surface area contributed by atoms with E-state index in [4.69, 9.17) is 0 Å². The van der Waals surface area contributed by atoms with Gasteiger partial charge in [0.05, 0.1) is 11.9 Å². The maximum Gasteiger partial charge on any atom is 0.123 e. The van der Waals surface area contributed by atoms with E-state index in [1.807, 2.05) is 0 Å². The Bertz CT molecular complexity index is 485. The lowest BCUT2D eigenvalue weighted by Crippen LogP contribution is -2.40. The van der Waals surface area contributed by atoms with E-state index in [0.29, 0.717) is 5.92 Å². The van der Waals surface area contributed by atoms with Gasteiger partial charge < -0.3 is 10.3 Å². The highest BCUT2D eigenvalue weighted by Gasteiger charge is 2.21. The van der Waals surface area contributed by atoms with Gasteiger partial charge in [0.25, 0.3) is 0 Å². The van der Waals surface area contributed by atoms with Gasteiger partial charge in [0.15, 0.2) is 0 Å². The number of aromatic amines is 1. The van der Waals surface area contributed by atoms with Gasteiger partial charge in [-0.3, -0.25) is 0 Å². The van der Waals surface area contributed by atoms with Crippen molar-refractivity contribution in [1.82, 2.24) is 15.3 Å². The topological polar surface area (TPSA) is 40.7 Å². The second-order valence-electron chi connectivity index (χ2n) is 4.04. The summed E-state index contributed by atoms with van der Waals surface area (Å²) in [6.45, 7) is 1.97. The number of benzene rings is 1. The van der Waals surface area contributed by atoms with Gasteiger partial charge in [-0.15, -0.1) is 0 Å². The Labute approximate surface area is 92.7 Å². The summed E-state index contributed by atoms with van der Waals surface area (Å²) in [7, 11) is 0. The van der Waals surface area contributed by atoms with E-state index in [1.54, 1.807) is 18.3 Å². The fourth-order valence-corrected chi connectivity index (χ4v) is 1.80. The number of hydrogen-bond donors (Lipinski definition) is 2. The Morgan fingerprint density at radius 3 is 2.56 bits per heavy atom. The Balaban J connectivity index is 1.88. The van der Waals surface area contributed by atoms with Crippen LogP contribution in [-0.4, -0.2) is 23.1 Å². The maximum absolute atomic E-state index is 12.8. The molecule has 0 atom stereocenters. The third-order valence-corrected chi connectivity index (χ3v) is 2.92. The van der Waals surface area contributed by atoms with Crippen molar-refractivity contribution in [2.45, 2.75) is 5.92 Å². The highest BCUT2D eigenvalue weighted by molar-refractivity contribution is 5.58. The summed E-state index contributed by atoms with van der Waals surface area (Å²) in [6, 6.07) is 6.43. The molecule has 0 amide bonds. The number of hydrogen-bond acceptors (Lipinski definition) is 2. The summed E-state index contributed by atoms with van der Waals surface area (Å²) < 4.78 is 12.8. The van der Waals surface area contributed by atoms with Gasteiger partial charge in [0, 0.05) is 19.0 Å². The molecule has 1 aliphatic rings. The largest absolute Gasteiger partial charge is 0.342 e. The molecule has 1 aromatic carbocycles. The number of nitrogens with one attached hydrogen (secondary N) is 2. The van der Waals surface area contributed by atoms with Crippen LogP contribution in [0.5, 0.6) is 0 Å². The molecule has 1 aliphatic heterocycles. The number of halogens is 1. The zero-order chi connectivity index (χ0) is 11.0. The van der Waals surface area contributed by atoms with Crippen LogP contribution < -0.4 is 5.32 Å². The maximum atomic E-state index is 12.8. The summed E-state index contributed by atoms with van der Waals surface area (Å²) in [5, 5.41) is 3.21. The van der Waals surface area contributed by atoms with Crippen molar-refractivity contribution in [2.75, 3.05) is 13.1 Å². The lowest BCUT2D eigenvalue weighted by atomic mass is 10.0. The first-order valence-electron chi connectivity index (χ1n) is 5.34. The average Bonchev–Trinajstić information content (AvgIpc) is 2.65. The monoisotopic (exact) mass is 217 g/mol. The zero-order valence-corrected chi connectivity index (χ0v) is 8.70. The van der Waals surface area contributed by atoms with Crippen molar-refractivity contribution in [3.05, 3.63) is 42.1 Å². The van der Waals surface area contributed by atoms with Crippen molar-refractivity contribution >= 4 is 0 Å². The van der Waals surface area contributed by atoms with Gasteiger partial charge in [-0.05, 0) is 29.8 Å². The van der Waals surface area contributed by atoms with E-state index in [-0.39, 0.29) is 5.82 Å². The number of imidazole rings is 1. The Morgan fingerprint density at radius 2 is 1.94 bits per heavy atom. The molecule has 1 saturated heterocycles. The van der Waals surface area contributed by atoms with Crippen LogP contribution in [0.25, 0.3) is 11.3 Å². The Hall–Kier alpha value is -1.68. The minimum atomic E-state index is -0.216. The van der Waals surface area contributed by atoms with E-state index in [0.717, 1.165) is 30.2 Å². The molecule has 0 unspecified atom stereocenters. The van der Waals surface area contributed by atoms with Gasteiger partial charge in [0.1, 0.15) is 11.6 Å². The number of rotatable bonds is 2. The highest BCUT2D eigenvalue weighted by atomic mass is 19.1. The van der Waals surface area contributed by atoms with E-state index < -0.39 is 0 Å². The molecule has 2 N–H and O–H groups in total. The lowest BCUT2D eigenvalue weighted by Gasteiger charge is -2.24. The molecule has 0 aliphatic carbocycles. The van der Waals surface area contributed by atoms with Gasteiger partial charge in [-0.1, -0.05) is 0 Å². The summed E-state index contributed by atoms with van der Waals surface area (Å²) in [5.41, 5.74) is 1.91. The molecule has 0 saturated carbocycles. The number of aromatic nitrogens is 2. The second kappa shape index (κ2) is 3.72. The first-order chi connectivity index (χ1) is 7.83. The third kappa shape index (κ3) is 1.61. The van der Waals surface area contributed by atoms with Gasteiger partial charge >= 0.3 is 0 Å². The van der Waals surface area contributed by atoms with E-state index in [1.165, 1.54) is 12.1 Å². The normalized spacial score (nSPS) is 16.1. The molecule has 16 heavy (non-hydrogen) atoms. The molecule has 1 fully saturated rings. The van der Waals surface area contributed by atoms with Gasteiger partial charge in [0.2, 0.25) is 0 Å². The standard InChI is InChI=1S/C12H12FN3/c13-10-3-1-8(2-4-10)11-7-15-12(16-11)9-5-14-6-9/h1-4,7,9,14H,5-6H2,(H,15,16). The molecule has 2 heterocycles. The molecule has 3 rings (SSSR count). The SMILES string of the molecule is Fc1ccc(-c2cnc(C3CNC3)[nH]2)cc1. The third-order valence-electron chi connectivity index (χ3n) is 2.92. The summed E-state index contributed by atoms with van der Waals surface area (Å²) >= 11 is 0. The quantitative estimate of drug-likeness (QED) is 0.806. The summed E-state index contributed by atoms with van der Waals surface area (Å²) in [5.74, 6) is 1.29. The van der Waals surface area contributed by atoms with Crippen LogP contribution in [0.1, 0.15) is 11.7 Å². The Kier molecular flexibility index (Phi) is 2.22. The summed E-state index contributed by atoms with van der Waals surface area (Å²) in [4.78, 5) is 7.62. The van der Waals surface area contributed by atoms with Crippen LogP contribution >= 0.6 is 0 Å². The minimum absolute atomic E-state index is 0.216. The first kappa shape index (κ1) is 9.54. The van der Waals surface area contributed by atoms with Crippen LogP contribution in [0.3, 0.4) is 0 Å². The molecule has 3 nitrogen and oxygen atoms in total. The van der Waals surface area contributed by atoms with Crippen molar-refractivity contribution in [3.8, 4) is 11.3 Å². The van der Waals surface area contributed by atoms with E-state index >= 15 is 0 Å². The van der Waals surface area contributed by atoms with Crippen LogP contribution in [0.4, 0.5) is 4.39 Å². The van der Waals surface area contributed by atoms with Crippen molar-refractivity contribution in [2.24, 2.45) is 0 Å². The fraction of sp³-hybridized carbons (Fsp3) is 0.250. The van der Waals surface area contributed by atoms with Crippen molar-refractivity contribution < 1.29 is 4.39 Å². The fourth-order valence-electron chi connectivity index (χ4n) is 1.80. The number of H-pyrrole nitrogens is 1. The molecular formula is C12H12FN3. The first-order valence-corrected chi connectivity index (χ1v) is 5.34. The average molecular weight is 217 g/mol. The predicted octanol–water partition coefficient (Wildman–Crippen LogP) is 1.90. The smallest absolute Gasteiger partial charge is 0.123 e. The highest BCUT2D eigenvalue weighted by Crippen LogP contribution is 2.22. The lowest BCUT2D eigenvalue weighted by molar-refractivity contribution is 0.433. The van der Waals surface area contributed by atoms with Crippen molar-refractivity contribution in [3.63, 3.8) is 0 Å². The molecule has 0 bridgehead atoms. The van der Waals surface area contributed by atoms with E-state index in [9.17, 15) is 4.39 Å². The molecule has 0 spiro atoms. The van der Waals surface area contributed by atoms with Crippen LogP contribution in [-0.2, 0) is 0 Å². The van der Waals surface area contributed by atoms with Crippen LogP contribution in [0, 0.1) is 5.82 Å².